The summed E-state index contributed by atoms with van der Waals surface area (Å²) in [6.45, 7) is 7.02. The van der Waals surface area contributed by atoms with Gasteiger partial charge in [0.25, 0.3) is 0 Å². The summed E-state index contributed by atoms with van der Waals surface area (Å²) >= 11 is 0. The molecule has 39 heavy (non-hydrogen) atoms. The van der Waals surface area contributed by atoms with Crippen LogP contribution in [-0.2, 0) is 15.8 Å². The van der Waals surface area contributed by atoms with Gasteiger partial charge in [-0.05, 0) is 24.1 Å². The third kappa shape index (κ3) is 14.5. The lowest BCUT2D eigenvalue weighted by atomic mass is 10.0. The first kappa shape index (κ1) is 34.3. The van der Waals surface area contributed by atoms with Crippen LogP contribution in [0.3, 0.4) is 0 Å². The van der Waals surface area contributed by atoms with Crippen molar-refractivity contribution in [2.24, 2.45) is 0 Å². The molecule has 7 nitrogen and oxygen atoms in total. The first-order chi connectivity index (χ1) is 19.1. The number of ether oxygens (including phenoxy) is 1. The maximum absolute atomic E-state index is 13.0. The van der Waals surface area contributed by atoms with E-state index < -0.39 is 7.80 Å². The fourth-order valence-electron chi connectivity index (χ4n) is 4.62. The molecule has 222 valence electrons. The molecule has 2 N–H and O–H groups in total. The van der Waals surface area contributed by atoms with Crippen LogP contribution in [0.1, 0.15) is 124 Å². The number of nitrogens with zero attached hydrogens (tertiary/aromatic N) is 4. The number of fused-ring (bicyclic) bond motifs is 1. The van der Waals surface area contributed by atoms with E-state index in [2.05, 4.69) is 28.8 Å². The largest absolute Gasteiger partial charge is 0.382 e. The van der Waals surface area contributed by atoms with Gasteiger partial charge in [0, 0.05) is 12.2 Å². The second kappa shape index (κ2) is 21.8. The number of nitrogens with two attached hydrogens (primary N) is 1. The molecule has 0 radical (unpaired) electrons. The van der Waals surface area contributed by atoms with Gasteiger partial charge in [-0.2, -0.15) is 0 Å². The van der Waals surface area contributed by atoms with Gasteiger partial charge in [0.15, 0.2) is 11.5 Å². The van der Waals surface area contributed by atoms with Crippen LogP contribution in [0.5, 0.6) is 0 Å². The van der Waals surface area contributed by atoms with E-state index in [4.69, 9.17) is 10.5 Å². The Morgan fingerprint density at radius 1 is 0.897 bits per heavy atom. The topological polar surface area (TPSA) is 95.9 Å². The highest BCUT2D eigenvalue weighted by atomic mass is 33.1. The zero-order chi connectivity index (χ0) is 28.1. The van der Waals surface area contributed by atoms with Crippen molar-refractivity contribution in [3.8, 4) is 0 Å². The van der Waals surface area contributed by atoms with E-state index in [9.17, 15) is 4.57 Å². The second-order valence-electron chi connectivity index (χ2n) is 10.6. The molecule has 2 aromatic heterocycles. The average molecular weight is 599 g/mol. The van der Waals surface area contributed by atoms with Crippen LogP contribution < -0.4 is 5.73 Å². The minimum Gasteiger partial charge on any atom is -0.382 e. The molecule has 0 aliphatic rings. The van der Waals surface area contributed by atoms with Gasteiger partial charge >= 0.3 is 7.80 Å². The van der Waals surface area contributed by atoms with Gasteiger partial charge in [0.2, 0.25) is 11.3 Å². The normalized spacial score (nSPS) is 13.7. The fraction of sp³-hybridized carbons (Fsp3) is 0.828. The Morgan fingerprint density at radius 2 is 1.51 bits per heavy atom. The highest BCUT2D eigenvalue weighted by molar-refractivity contribution is 8.77. The van der Waals surface area contributed by atoms with E-state index in [0.29, 0.717) is 23.5 Å². The summed E-state index contributed by atoms with van der Waals surface area (Å²) in [5.74, 6) is 1.52. The van der Waals surface area contributed by atoms with Gasteiger partial charge in [-0.15, -0.1) is 0 Å². The molecule has 10 heteroatoms. The highest BCUT2D eigenvalue weighted by Crippen LogP contribution is 2.45. The lowest BCUT2D eigenvalue weighted by Crippen LogP contribution is -2.17. The summed E-state index contributed by atoms with van der Waals surface area (Å²) in [5, 5.41) is 0. The molecular weight excluding hydrogens is 545 g/mol. The van der Waals surface area contributed by atoms with Crippen LogP contribution in [0.2, 0.25) is 0 Å². The molecule has 0 saturated heterocycles. The van der Waals surface area contributed by atoms with Crippen molar-refractivity contribution >= 4 is 46.4 Å². The predicted octanol–water partition coefficient (Wildman–Crippen LogP) is 9.59. The molecule has 0 saturated carbocycles. The number of nitrogen functional groups attached to an aromatic ring is 1. The smallest absolute Gasteiger partial charge is 0.381 e. The second-order valence-corrected chi connectivity index (χ2v) is 15.4. The number of anilines is 1. The molecule has 0 aliphatic heterocycles. The van der Waals surface area contributed by atoms with Crippen LogP contribution in [0, 0.1) is 0 Å². The molecule has 3 unspecified atom stereocenters. The fourth-order valence-corrected chi connectivity index (χ4v) is 10.0. The SMILES string of the molecule is CCCCCCCCCCCCCCCCSSC(CCC)[P+](=O)COC(C)Cn1cnc2c(N)ncnc21. The summed E-state index contributed by atoms with van der Waals surface area (Å²) in [7, 11) is 2.27. The summed E-state index contributed by atoms with van der Waals surface area (Å²) in [6, 6.07) is 0. The van der Waals surface area contributed by atoms with Crippen molar-refractivity contribution in [3.63, 3.8) is 0 Å². The van der Waals surface area contributed by atoms with Crippen LogP contribution in [0.25, 0.3) is 11.2 Å². The van der Waals surface area contributed by atoms with Gasteiger partial charge < -0.3 is 15.0 Å². The molecule has 0 aliphatic carbocycles. The Kier molecular flexibility index (Phi) is 19.2. The van der Waals surface area contributed by atoms with Crippen LogP contribution in [0.4, 0.5) is 5.82 Å². The third-order valence-corrected chi connectivity index (χ3v) is 12.4. The number of rotatable bonds is 25. The molecule has 2 rings (SSSR count). The molecule has 3 atom stereocenters. The minimum atomic E-state index is -1.43. The zero-order valence-electron chi connectivity index (χ0n) is 24.7. The molecule has 0 spiro atoms. The van der Waals surface area contributed by atoms with Gasteiger partial charge in [-0.3, -0.25) is 0 Å². The Hall–Kier alpha value is -0.890. The Labute approximate surface area is 246 Å². The molecule has 0 amide bonds. The zero-order valence-corrected chi connectivity index (χ0v) is 27.2. The number of imidazole rings is 1. The molecular formula is C29H53N5O2PS2+. The third-order valence-electron chi connectivity index (χ3n) is 6.99. The summed E-state index contributed by atoms with van der Waals surface area (Å²) in [4.78, 5) is 12.7. The van der Waals surface area contributed by atoms with Crippen molar-refractivity contribution in [1.82, 2.24) is 19.5 Å². The molecule has 0 bridgehead atoms. The van der Waals surface area contributed by atoms with E-state index in [-0.39, 0.29) is 17.4 Å². The van der Waals surface area contributed by atoms with Gasteiger partial charge in [-0.1, -0.05) is 119 Å². The molecule has 0 aromatic carbocycles. The van der Waals surface area contributed by atoms with E-state index >= 15 is 0 Å². The Balaban J connectivity index is 1.50. The first-order valence-corrected chi connectivity index (χ1v) is 19.2. The lowest BCUT2D eigenvalue weighted by Gasteiger charge is -2.12. The standard InChI is InChI=1S/C29H53N5O2PS2/c1-4-6-7-8-9-10-11-12-13-14-15-16-17-18-20-38-39-26(19-5-2)37(35)24-36-25(3)21-34-23-33-27-28(30)31-22-32-29(27)34/h22-23,25-26H,4-21,24H2,1-3H3,(H2,30,31,32)/q+1. The number of unbranched alkanes of at least 4 members (excludes halogenated alkanes) is 13. The van der Waals surface area contributed by atoms with E-state index in [0.717, 1.165) is 18.6 Å². The minimum absolute atomic E-state index is 0.104. The Morgan fingerprint density at radius 3 is 2.13 bits per heavy atom. The maximum Gasteiger partial charge on any atom is 0.381 e. The quantitative estimate of drug-likeness (QED) is 0.0685. The summed E-state index contributed by atoms with van der Waals surface area (Å²) in [6.07, 6.45) is 24.8. The molecule has 2 heterocycles. The van der Waals surface area contributed by atoms with Crippen LogP contribution >= 0.6 is 29.4 Å². The average Bonchev–Trinajstić information content (AvgIpc) is 3.34. The number of hydrogen-bond donors (Lipinski definition) is 1. The van der Waals surface area contributed by atoms with Gasteiger partial charge in [-0.25, -0.2) is 15.0 Å². The summed E-state index contributed by atoms with van der Waals surface area (Å²) < 4.78 is 20.9. The van der Waals surface area contributed by atoms with Crippen molar-refractivity contribution in [2.75, 3.05) is 17.8 Å². The highest BCUT2D eigenvalue weighted by Gasteiger charge is 2.31. The predicted molar refractivity (Wildman–Crippen MR) is 172 cm³/mol. The summed E-state index contributed by atoms with van der Waals surface area (Å²) in [5.41, 5.74) is 7.18. The molecule has 0 fully saturated rings. The van der Waals surface area contributed by atoms with E-state index in [1.54, 1.807) is 6.33 Å². The van der Waals surface area contributed by atoms with Gasteiger partial charge in [0.05, 0.1) is 19.0 Å². The Bertz CT molecular complexity index is 917. The first-order valence-electron chi connectivity index (χ1n) is 15.3. The monoisotopic (exact) mass is 598 g/mol. The number of hydrogen-bond acceptors (Lipinski definition) is 8. The van der Waals surface area contributed by atoms with E-state index in [1.807, 2.05) is 33.1 Å². The van der Waals surface area contributed by atoms with Gasteiger partial charge in [0.1, 0.15) is 11.8 Å². The van der Waals surface area contributed by atoms with Crippen LogP contribution in [0.15, 0.2) is 12.7 Å². The van der Waals surface area contributed by atoms with Crippen molar-refractivity contribution < 1.29 is 9.30 Å². The van der Waals surface area contributed by atoms with Crippen molar-refractivity contribution in [2.45, 2.75) is 141 Å². The molecule has 2 aromatic rings. The number of aromatic nitrogens is 4. The lowest BCUT2D eigenvalue weighted by molar-refractivity contribution is 0.0879. The van der Waals surface area contributed by atoms with Crippen molar-refractivity contribution in [3.05, 3.63) is 12.7 Å². The van der Waals surface area contributed by atoms with Crippen LogP contribution in [-0.4, -0.2) is 42.7 Å². The van der Waals surface area contributed by atoms with Crippen molar-refractivity contribution in [1.29, 1.82) is 0 Å². The maximum atomic E-state index is 13.0. The van der Waals surface area contributed by atoms with E-state index in [1.165, 1.54) is 96.2 Å².